The predicted molar refractivity (Wildman–Crippen MR) is 218 cm³/mol. The molecule has 0 bridgehead atoms. The lowest BCUT2D eigenvalue weighted by Gasteiger charge is -2.33. The largest absolute Gasteiger partial charge is 0.113 e. The highest BCUT2D eigenvalue weighted by Crippen LogP contribution is 2.54. The first-order valence-corrected chi connectivity index (χ1v) is 22.5. The van der Waals surface area contributed by atoms with Crippen molar-refractivity contribution in [1.29, 1.82) is 0 Å². The van der Waals surface area contributed by atoms with Gasteiger partial charge >= 0.3 is 0 Å². The van der Waals surface area contributed by atoms with E-state index >= 15 is 0 Å². The monoisotopic (exact) mass is 662 g/mol. The normalized spacial score (nSPS) is 14.2. The fraction of sp³-hybridized carbons (Fsp3) is 0.375. The molecule has 2 radical (unpaired) electrons. The molecule has 2 aliphatic carbocycles. The summed E-state index contributed by atoms with van der Waals surface area (Å²) in [6.07, 6.45) is 20.0. The first-order valence-electron chi connectivity index (χ1n) is 19.5. The molecule has 49 heavy (non-hydrogen) atoms. The van der Waals surface area contributed by atoms with Gasteiger partial charge in [0, 0.05) is 12.8 Å². The van der Waals surface area contributed by atoms with E-state index in [-0.39, 0.29) is 0 Å². The summed E-state index contributed by atoms with van der Waals surface area (Å²) in [7, 11) is -2.27. The SMILES string of the molecule is CCCCCCC1=C([Si](C)(C)C2=C(CCCCCC)[CH]c3cccc(-c4ccc(CC)cc4)c32)c2c(cccc2-c2ccc(CC)cc2)[CH]1. The minimum Gasteiger partial charge on any atom is -0.0654 e. The lowest BCUT2D eigenvalue weighted by atomic mass is 9.96. The van der Waals surface area contributed by atoms with Crippen molar-refractivity contribution in [3.8, 4) is 22.3 Å². The molecule has 0 aromatic heterocycles. The Hall–Kier alpha value is -3.42. The predicted octanol–water partition coefficient (Wildman–Crippen LogP) is 14.2. The van der Waals surface area contributed by atoms with E-state index in [0.717, 1.165) is 12.8 Å². The van der Waals surface area contributed by atoms with Crippen LogP contribution in [0.25, 0.3) is 32.6 Å². The molecule has 2 aliphatic rings. The van der Waals surface area contributed by atoms with Gasteiger partial charge < -0.3 is 0 Å². The molecule has 0 spiro atoms. The fourth-order valence-electron chi connectivity index (χ4n) is 8.53. The molecule has 6 rings (SSSR count). The van der Waals surface area contributed by atoms with Crippen molar-refractivity contribution in [2.75, 3.05) is 0 Å². The van der Waals surface area contributed by atoms with Crippen LogP contribution in [-0.2, 0) is 12.8 Å². The van der Waals surface area contributed by atoms with Crippen LogP contribution in [0.4, 0.5) is 0 Å². The van der Waals surface area contributed by atoms with Gasteiger partial charge in [0.1, 0.15) is 8.07 Å². The van der Waals surface area contributed by atoms with Crippen molar-refractivity contribution in [3.05, 3.63) is 142 Å². The van der Waals surface area contributed by atoms with Gasteiger partial charge in [-0.2, -0.15) is 0 Å². The van der Waals surface area contributed by atoms with Gasteiger partial charge in [-0.05, 0) is 105 Å². The third-order valence-electron chi connectivity index (χ3n) is 11.2. The summed E-state index contributed by atoms with van der Waals surface area (Å²) in [5, 5.41) is 3.38. The number of rotatable bonds is 16. The van der Waals surface area contributed by atoms with Crippen molar-refractivity contribution < 1.29 is 0 Å². The van der Waals surface area contributed by atoms with Crippen LogP contribution in [0.1, 0.15) is 125 Å². The third-order valence-corrected chi connectivity index (χ3v) is 14.8. The second kappa shape index (κ2) is 16.1. The van der Waals surface area contributed by atoms with E-state index in [0.29, 0.717) is 0 Å². The second-order valence-electron chi connectivity index (χ2n) is 15.0. The smallest absolute Gasteiger partial charge is 0.0654 e. The minimum atomic E-state index is -2.27. The van der Waals surface area contributed by atoms with Gasteiger partial charge in [-0.1, -0.05) is 175 Å². The van der Waals surface area contributed by atoms with Crippen molar-refractivity contribution in [2.24, 2.45) is 0 Å². The topological polar surface area (TPSA) is 0 Å². The lowest BCUT2D eigenvalue weighted by Crippen LogP contribution is -2.32. The average molecular weight is 663 g/mol. The number of unbranched alkanes of at least 4 members (excludes halogenated alkanes) is 6. The minimum absolute atomic E-state index is 1.07. The van der Waals surface area contributed by atoms with Gasteiger partial charge in [0.05, 0.1) is 0 Å². The number of aryl methyl sites for hydroxylation is 2. The van der Waals surface area contributed by atoms with Crippen molar-refractivity contribution in [2.45, 2.75) is 118 Å². The van der Waals surface area contributed by atoms with Gasteiger partial charge in [-0.3, -0.25) is 0 Å². The Labute approximate surface area is 299 Å². The molecule has 0 aliphatic heterocycles. The van der Waals surface area contributed by atoms with E-state index in [1.165, 1.54) is 120 Å². The van der Waals surface area contributed by atoms with Crippen LogP contribution in [0.15, 0.2) is 96.1 Å². The maximum atomic E-state index is 2.69. The Bertz CT molecular complexity index is 1660. The second-order valence-corrected chi connectivity index (χ2v) is 19.2. The number of fused-ring (bicyclic) bond motifs is 2. The number of hydrogen-bond donors (Lipinski definition) is 0. The Kier molecular flexibility index (Phi) is 11.6. The van der Waals surface area contributed by atoms with E-state index in [9.17, 15) is 0 Å². The molecule has 0 amide bonds. The zero-order valence-corrected chi connectivity index (χ0v) is 32.2. The zero-order chi connectivity index (χ0) is 34.4. The molecule has 0 unspecified atom stereocenters. The summed E-state index contributed by atoms with van der Waals surface area (Å²) in [6, 6.07) is 33.0. The number of hydrogen-bond acceptors (Lipinski definition) is 0. The van der Waals surface area contributed by atoms with Gasteiger partial charge in [0.25, 0.3) is 0 Å². The van der Waals surface area contributed by atoms with Crippen molar-refractivity contribution in [1.82, 2.24) is 0 Å². The highest BCUT2D eigenvalue weighted by molar-refractivity contribution is 7.09. The van der Waals surface area contributed by atoms with Gasteiger partial charge in [0.15, 0.2) is 0 Å². The average Bonchev–Trinajstić information content (AvgIpc) is 3.71. The maximum Gasteiger partial charge on any atom is 0.113 e. The molecular weight excluding hydrogens is 605 g/mol. The number of allylic oxidation sites excluding steroid dienone is 2. The number of benzene rings is 4. The van der Waals surface area contributed by atoms with Crippen molar-refractivity contribution in [3.63, 3.8) is 0 Å². The standard InChI is InChI=1S/C48H58Si/c1-7-11-13-15-19-41-33-39-21-17-23-43(37-29-25-35(9-3)26-30-37)45(39)47(41)49(5,6)48-42(20-16-14-12-8-2)34-40-22-18-24-44(46(40)48)38-31-27-36(10-4)28-32-38/h17-18,21-34H,7-16,19-20H2,1-6H3. The van der Waals surface area contributed by atoms with E-state index in [2.05, 4.69) is 139 Å². The van der Waals surface area contributed by atoms with Crippen LogP contribution in [0.5, 0.6) is 0 Å². The van der Waals surface area contributed by atoms with E-state index < -0.39 is 8.07 Å². The molecule has 1 heteroatoms. The molecule has 4 aromatic rings. The van der Waals surface area contributed by atoms with Crippen LogP contribution in [0.3, 0.4) is 0 Å². The molecule has 0 N–H and O–H groups in total. The summed E-state index contributed by atoms with van der Waals surface area (Å²) < 4.78 is 0. The Morgan fingerprint density at radius 1 is 0.449 bits per heavy atom. The third kappa shape index (κ3) is 7.39. The van der Waals surface area contributed by atoms with Crippen molar-refractivity contribution >= 4 is 18.5 Å². The molecular formula is C48H58Si. The van der Waals surface area contributed by atoms with E-state index in [1.807, 2.05) is 0 Å². The molecule has 0 atom stereocenters. The highest BCUT2D eigenvalue weighted by Gasteiger charge is 2.43. The van der Waals surface area contributed by atoms with Crippen LogP contribution in [0, 0.1) is 12.8 Å². The van der Waals surface area contributed by atoms with Crippen LogP contribution in [-0.4, -0.2) is 8.07 Å². The van der Waals surface area contributed by atoms with E-state index in [4.69, 9.17) is 0 Å². The molecule has 0 nitrogen and oxygen atoms in total. The molecule has 0 heterocycles. The summed E-state index contributed by atoms with van der Waals surface area (Å²) in [5.41, 5.74) is 17.4. The summed E-state index contributed by atoms with van der Waals surface area (Å²) in [5.74, 6) is 0. The zero-order valence-electron chi connectivity index (χ0n) is 31.2. The first kappa shape index (κ1) is 35.4. The quantitative estimate of drug-likeness (QED) is 0.0827. The lowest BCUT2D eigenvalue weighted by molar-refractivity contribution is 0.667. The van der Waals surface area contributed by atoms with Crippen LogP contribution in [0.2, 0.25) is 13.1 Å². The van der Waals surface area contributed by atoms with Gasteiger partial charge in [0.2, 0.25) is 0 Å². The maximum absolute atomic E-state index is 2.69. The molecule has 254 valence electrons. The molecule has 0 saturated carbocycles. The first-order chi connectivity index (χ1) is 23.9. The van der Waals surface area contributed by atoms with E-state index in [1.54, 1.807) is 21.5 Å². The Morgan fingerprint density at radius 2 is 0.857 bits per heavy atom. The summed E-state index contributed by atoms with van der Waals surface area (Å²) >= 11 is 0. The molecule has 0 fully saturated rings. The summed E-state index contributed by atoms with van der Waals surface area (Å²) in [4.78, 5) is 0. The molecule has 0 saturated heterocycles. The molecule has 4 aromatic carbocycles. The Balaban J connectivity index is 1.54. The van der Waals surface area contributed by atoms with Gasteiger partial charge in [-0.15, -0.1) is 0 Å². The summed E-state index contributed by atoms with van der Waals surface area (Å²) in [6.45, 7) is 14.5. The van der Waals surface area contributed by atoms with Crippen LogP contribution >= 0.6 is 0 Å². The highest BCUT2D eigenvalue weighted by atomic mass is 28.3. The fourth-order valence-corrected chi connectivity index (χ4v) is 12.6. The van der Waals surface area contributed by atoms with Crippen LogP contribution < -0.4 is 0 Å². The Morgan fingerprint density at radius 3 is 1.22 bits per heavy atom. The van der Waals surface area contributed by atoms with Gasteiger partial charge in [-0.25, -0.2) is 0 Å².